The SMILES string of the molecule is COc1cc([C@@H](O)[C@H]2CO2)cc(OC)c1-c1c(OC)cc([C@H](O)[C@H]2CO2)cc1OC. The van der Waals surface area contributed by atoms with E-state index in [-0.39, 0.29) is 12.2 Å². The van der Waals surface area contributed by atoms with Gasteiger partial charge in [0, 0.05) is 0 Å². The predicted octanol–water partition coefficient (Wildman–Crippen LogP) is 2.25. The van der Waals surface area contributed by atoms with Gasteiger partial charge in [-0.05, 0) is 35.4 Å². The quantitative estimate of drug-likeness (QED) is 0.598. The van der Waals surface area contributed by atoms with E-state index in [1.165, 1.54) is 0 Å². The van der Waals surface area contributed by atoms with Crippen LogP contribution in [0.1, 0.15) is 23.3 Å². The molecule has 0 amide bonds. The van der Waals surface area contributed by atoms with E-state index < -0.39 is 12.2 Å². The first kappa shape index (κ1) is 20.7. The summed E-state index contributed by atoms with van der Waals surface area (Å²) < 4.78 is 33.0. The van der Waals surface area contributed by atoms with Crippen LogP contribution in [0.2, 0.25) is 0 Å². The predicted molar refractivity (Wildman–Crippen MR) is 107 cm³/mol. The van der Waals surface area contributed by atoms with Crippen LogP contribution >= 0.6 is 0 Å². The molecular formula is C22H26O8. The summed E-state index contributed by atoms with van der Waals surface area (Å²) in [5.41, 5.74) is 2.49. The molecule has 0 aliphatic carbocycles. The molecule has 0 spiro atoms. The molecule has 30 heavy (non-hydrogen) atoms. The molecule has 8 nitrogen and oxygen atoms in total. The van der Waals surface area contributed by atoms with Crippen molar-refractivity contribution in [3.05, 3.63) is 35.4 Å². The molecule has 4 atom stereocenters. The van der Waals surface area contributed by atoms with Crippen molar-refractivity contribution in [3.63, 3.8) is 0 Å². The van der Waals surface area contributed by atoms with Crippen LogP contribution in [0.15, 0.2) is 24.3 Å². The van der Waals surface area contributed by atoms with E-state index in [4.69, 9.17) is 28.4 Å². The van der Waals surface area contributed by atoms with E-state index in [9.17, 15) is 10.2 Å². The molecule has 0 aromatic heterocycles. The lowest BCUT2D eigenvalue weighted by Gasteiger charge is -2.22. The number of rotatable bonds is 9. The summed E-state index contributed by atoms with van der Waals surface area (Å²) in [4.78, 5) is 0. The Bertz CT molecular complexity index is 794. The fraction of sp³-hybridized carbons (Fsp3) is 0.455. The minimum Gasteiger partial charge on any atom is -0.496 e. The van der Waals surface area contributed by atoms with Gasteiger partial charge in [0.1, 0.15) is 47.4 Å². The molecule has 162 valence electrons. The summed E-state index contributed by atoms with van der Waals surface area (Å²) in [5, 5.41) is 21.0. The van der Waals surface area contributed by atoms with E-state index in [0.717, 1.165) is 0 Å². The molecule has 2 saturated heterocycles. The molecule has 2 aromatic rings. The highest BCUT2D eigenvalue weighted by molar-refractivity contribution is 5.86. The fourth-order valence-corrected chi connectivity index (χ4v) is 3.60. The molecular weight excluding hydrogens is 392 g/mol. The molecule has 8 heteroatoms. The summed E-state index contributed by atoms with van der Waals surface area (Å²) >= 11 is 0. The lowest BCUT2D eigenvalue weighted by molar-refractivity contribution is 0.136. The Hall–Kier alpha value is -2.52. The van der Waals surface area contributed by atoms with Crippen LogP contribution in [0.25, 0.3) is 11.1 Å². The van der Waals surface area contributed by atoms with E-state index in [1.807, 2.05) is 0 Å². The Morgan fingerprint density at radius 3 is 1.13 bits per heavy atom. The summed E-state index contributed by atoms with van der Waals surface area (Å²) in [5.74, 6) is 1.94. The summed E-state index contributed by atoms with van der Waals surface area (Å²) in [6, 6.07) is 7.02. The minimum absolute atomic E-state index is 0.222. The first-order valence-corrected chi connectivity index (χ1v) is 9.63. The van der Waals surface area contributed by atoms with Crippen molar-refractivity contribution < 1.29 is 38.6 Å². The Morgan fingerprint density at radius 2 is 0.933 bits per heavy atom. The van der Waals surface area contributed by atoms with Crippen molar-refractivity contribution in [1.29, 1.82) is 0 Å². The molecule has 4 rings (SSSR count). The van der Waals surface area contributed by atoms with Crippen LogP contribution in [0.4, 0.5) is 0 Å². The van der Waals surface area contributed by atoms with Crippen molar-refractivity contribution in [3.8, 4) is 34.1 Å². The second kappa shape index (κ2) is 8.31. The van der Waals surface area contributed by atoms with Crippen molar-refractivity contribution in [2.24, 2.45) is 0 Å². The summed E-state index contributed by atoms with van der Waals surface area (Å²) in [6.07, 6.45) is -2.00. The smallest absolute Gasteiger partial charge is 0.131 e. The minimum atomic E-state index is -0.776. The summed E-state index contributed by atoms with van der Waals surface area (Å²) in [6.45, 7) is 1.04. The maximum atomic E-state index is 10.5. The number of hydrogen-bond donors (Lipinski definition) is 2. The fourth-order valence-electron chi connectivity index (χ4n) is 3.60. The molecule has 2 N–H and O–H groups in total. The maximum absolute atomic E-state index is 10.5. The standard InChI is InChI=1S/C22H26O8/c1-25-13-5-11(21(23)17-9-29-17)6-14(26-2)19(13)20-15(27-3)7-12(8-16(20)28-4)22(24)18-10-30-18/h5-8,17-18,21-24H,9-10H2,1-4H3/t17-,18-,21-,22+/m1/s1. The van der Waals surface area contributed by atoms with Gasteiger partial charge in [-0.15, -0.1) is 0 Å². The zero-order chi connectivity index (χ0) is 21.4. The largest absolute Gasteiger partial charge is 0.496 e. The van der Waals surface area contributed by atoms with Crippen LogP contribution in [-0.2, 0) is 9.47 Å². The van der Waals surface area contributed by atoms with E-state index in [1.54, 1.807) is 52.7 Å². The van der Waals surface area contributed by atoms with Gasteiger partial charge in [0.05, 0.1) is 52.8 Å². The Balaban J connectivity index is 1.87. The molecule has 2 aliphatic rings. The lowest BCUT2D eigenvalue weighted by atomic mass is 9.94. The summed E-state index contributed by atoms with van der Waals surface area (Å²) in [7, 11) is 6.18. The van der Waals surface area contributed by atoms with Crippen molar-refractivity contribution in [1.82, 2.24) is 0 Å². The third-order valence-corrected chi connectivity index (χ3v) is 5.41. The molecule has 0 bridgehead atoms. The van der Waals surface area contributed by atoms with Crippen LogP contribution < -0.4 is 18.9 Å². The number of aliphatic hydroxyl groups excluding tert-OH is 2. The van der Waals surface area contributed by atoms with Crippen molar-refractivity contribution in [2.75, 3.05) is 41.7 Å². The first-order valence-electron chi connectivity index (χ1n) is 9.63. The Kier molecular flexibility index (Phi) is 5.75. The molecule has 0 saturated carbocycles. The van der Waals surface area contributed by atoms with Gasteiger partial charge in [-0.2, -0.15) is 0 Å². The highest BCUT2D eigenvalue weighted by Gasteiger charge is 2.36. The normalized spacial score (nSPS) is 21.5. The topological polar surface area (TPSA) is 102 Å². The highest BCUT2D eigenvalue weighted by atomic mass is 16.6. The number of aliphatic hydroxyl groups is 2. The van der Waals surface area contributed by atoms with Gasteiger partial charge < -0.3 is 38.6 Å². The van der Waals surface area contributed by atoms with Gasteiger partial charge in [-0.3, -0.25) is 0 Å². The van der Waals surface area contributed by atoms with Crippen LogP contribution in [-0.4, -0.2) is 64.1 Å². The first-order chi connectivity index (χ1) is 14.5. The maximum Gasteiger partial charge on any atom is 0.131 e. The number of hydrogen-bond acceptors (Lipinski definition) is 8. The van der Waals surface area contributed by atoms with Gasteiger partial charge in [0.25, 0.3) is 0 Å². The third kappa shape index (κ3) is 3.79. The third-order valence-electron chi connectivity index (χ3n) is 5.41. The zero-order valence-corrected chi connectivity index (χ0v) is 17.4. The number of benzene rings is 2. The molecule has 2 fully saturated rings. The average molecular weight is 418 g/mol. The van der Waals surface area contributed by atoms with E-state index in [0.29, 0.717) is 58.5 Å². The molecule has 0 unspecified atom stereocenters. The number of methoxy groups -OCH3 is 4. The van der Waals surface area contributed by atoms with Crippen LogP contribution in [0, 0.1) is 0 Å². The Morgan fingerprint density at radius 1 is 0.667 bits per heavy atom. The van der Waals surface area contributed by atoms with Crippen molar-refractivity contribution >= 4 is 0 Å². The highest BCUT2D eigenvalue weighted by Crippen LogP contribution is 2.50. The number of ether oxygens (including phenoxy) is 6. The molecule has 0 radical (unpaired) electrons. The van der Waals surface area contributed by atoms with E-state index in [2.05, 4.69) is 0 Å². The van der Waals surface area contributed by atoms with Gasteiger partial charge in [0.15, 0.2) is 0 Å². The molecule has 2 heterocycles. The monoisotopic (exact) mass is 418 g/mol. The van der Waals surface area contributed by atoms with Crippen LogP contribution in [0.3, 0.4) is 0 Å². The molecule has 2 aliphatic heterocycles. The lowest BCUT2D eigenvalue weighted by Crippen LogP contribution is -2.08. The van der Waals surface area contributed by atoms with Crippen molar-refractivity contribution in [2.45, 2.75) is 24.4 Å². The molecule has 2 aromatic carbocycles. The van der Waals surface area contributed by atoms with Gasteiger partial charge in [-0.1, -0.05) is 0 Å². The zero-order valence-electron chi connectivity index (χ0n) is 17.4. The van der Waals surface area contributed by atoms with E-state index >= 15 is 0 Å². The van der Waals surface area contributed by atoms with Gasteiger partial charge >= 0.3 is 0 Å². The second-order valence-electron chi connectivity index (χ2n) is 7.23. The second-order valence-corrected chi connectivity index (χ2v) is 7.23. The average Bonchev–Trinajstić information content (AvgIpc) is 3.68. The Labute approximate surface area is 174 Å². The van der Waals surface area contributed by atoms with Gasteiger partial charge in [-0.25, -0.2) is 0 Å². The van der Waals surface area contributed by atoms with Gasteiger partial charge in [0.2, 0.25) is 0 Å². The van der Waals surface area contributed by atoms with Crippen LogP contribution in [0.5, 0.6) is 23.0 Å². The number of epoxide rings is 2.